The van der Waals surface area contributed by atoms with E-state index in [9.17, 15) is 9.59 Å². The molecule has 0 rings (SSSR count). The van der Waals surface area contributed by atoms with Gasteiger partial charge in [0, 0.05) is 20.8 Å². The molecule has 0 saturated carbocycles. The molecule has 0 aromatic rings. The Morgan fingerprint density at radius 2 is 2.05 bits per heavy atom. The van der Waals surface area contributed by atoms with Crippen LogP contribution in [0.2, 0.25) is 0 Å². The van der Waals surface area contributed by atoms with Crippen LogP contribution in [-0.2, 0) is 14.3 Å². The molecule has 0 aromatic heterocycles. The summed E-state index contributed by atoms with van der Waals surface area (Å²) in [6.07, 6.45) is 2.01. The maximum atomic E-state index is 11.6. The van der Waals surface area contributed by atoms with Gasteiger partial charge in [0.05, 0.1) is 12.7 Å². The second-order valence-electron chi connectivity index (χ2n) is 3.84. The van der Waals surface area contributed by atoms with E-state index < -0.39 is 18.0 Å². The van der Waals surface area contributed by atoms with Crippen LogP contribution in [0.15, 0.2) is 0 Å². The summed E-state index contributed by atoms with van der Waals surface area (Å²) in [7, 11) is 3.05. The minimum absolute atomic E-state index is 0.255. The van der Waals surface area contributed by atoms with E-state index in [2.05, 4.69) is 10.6 Å². The van der Waals surface area contributed by atoms with Crippen LogP contribution in [0.25, 0.3) is 0 Å². The first kappa shape index (κ1) is 18.0. The first-order valence-electron chi connectivity index (χ1n) is 5.83. The Bertz CT molecular complexity index is 278. The zero-order chi connectivity index (χ0) is 14.7. The van der Waals surface area contributed by atoms with E-state index in [4.69, 9.17) is 14.6 Å². The Hall–Kier alpha value is -0.990. The van der Waals surface area contributed by atoms with Crippen molar-refractivity contribution in [1.29, 1.82) is 0 Å². The molecule has 19 heavy (non-hydrogen) atoms. The van der Waals surface area contributed by atoms with Crippen molar-refractivity contribution < 1.29 is 24.2 Å². The van der Waals surface area contributed by atoms with Gasteiger partial charge in [0.25, 0.3) is 0 Å². The van der Waals surface area contributed by atoms with Crippen molar-refractivity contribution in [1.82, 2.24) is 10.6 Å². The number of amides is 2. The van der Waals surface area contributed by atoms with Crippen molar-refractivity contribution in [2.45, 2.75) is 18.6 Å². The summed E-state index contributed by atoms with van der Waals surface area (Å²) >= 11 is 1.53. The predicted molar refractivity (Wildman–Crippen MR) is 73.6 cm³/mol. The average molecular weight is 294 g/mol. The molecule has 2 unspecified atom stereocenters. The molecule has 0 bridgehead atoms. The van der Waals surface area contributed by atoms with Crippen molar-refractivity contribution in [3.63, 3.8) is 0 Å². The average Bonchev–Trinajstić information content (AvgIpc) is 2.38. The molecular weight excluding hydrogens is 272 g/mol. The predicted octanol–water partition coefficient (Wildman–Crippen LogP) is 0.153. The number of ether oxygens (including phenoxy) is 2. The van der Waals surface area contributed by atoms with Crippen LogP contribution in [0.5, 0.6) is 0 Å². The van der Waals surface area contributed by atoms with Crippen LogP contribution in [0.4, 0.5) is 4.79 Å². The van der Waals surface area contributed by atoms with Gasteiger partial charge in [0.15, 0.2) is 0 Å². The molecule has 0 aliphatic rings. The Labute approximate surface area is 117 Å². The highest BCUT2D eigenvalue weighted by molar-refractivity contribution is 7.98. The Kier molecular flexibility index (Phi) is 10.3. The number of hydrogen-bond donors (Lipinski definition) is 3. The fraction of sp³-hybridized carbons (Fsp3) is 0.818. The van der Waals surface area contributed by atoms with Crippen LogP contribution >= 0.6 is 11.8 Å². The topological polar surface area (TPSA) is 96.9 Å². The largest absolute Gasteiger partial charge is 0.480 e. The second kappa shape index (κ2) is 10.9. The number of rotatable bonds is 10. The van der Waals surface area contributed by atoms with Crippen LogP contribution < -0.4 is 10.6 Å². The van der Waals surface area contributed by atoms with Gasteiger partial charge in [-0.1, -0.05) is 0 Å². The van der Waals surface area contributed by atoms with Crippen molar-refractivity contribution in [3.05, 3.63) is 0 Å². The van der Waals surface area contributed by atoms with Gasteiger partial charge in [0.2, 0.25) is 0 Å². The SMILES string of the molecule is COCC(CNC(=O)NC(CCSC)C(=O)O)OC. The summed E-state index contributed by atoms with van der Waals surface area (Å²) in [5.41, 5.74) is 0. The first-order chi connectivity index (χ1) is 9.04. The zero-order valence-corrected chi connectivity index (χ0v) is 12.3. The molecule has 0 saturated heterocycles. The van der Waals surface area contributed by atoms with Crippen LogP contribution in [0.3, 0.4) is 0 Å². The van der Waals surface area contributed by atoms with E-state index in [1.807, 2.05) is 6.26 Å². The van der Waals surface area contributed by atoms with Crippen molar-refractivity contribution in [3.8, 4) is 0 Å². The first-order valence-corrected chi connectivity index (χ1v) is 7.22. The molecule has 8 heteroatoms. The molecule has 2 atom stereocenters. The van der Waals surface area contributed by atoms with Crippen molar-refractivity contribution in [2.24, 2.45) is 0 Å². The summed E-state index contributed by atoms with van der Waals surface area (Å²) in [6.45, 7) is 0.608. The van der Waals surface area contributed by atoms with Crippen molar-refractivity contribution in [2.75, 3.05) is 39.4 Å². The molecule has 0 heterocycles. The number of methoxy groups -OCH3 is 2. The third kappa shape index (κ3) is 8.68. The smallest absolute Gasteiger partial charge is 0.326 e. The summed E-state index contributed by atoms with van der Waals surface area (Å²) in [4.78, 5) is 22.5. The van der Waals surface area contributed by atoms with Gasteiger partial charge in [0.1, 0.15) is 6.04 Å². The van der Waals surface area contributed by atoms with Crippen LogP contribution in [0.1, 0.15) is 6.42 Å². The quantitative estimate of drug-likeness (QED) is 0.531. The number of carbonyl (C=O) groups is 2. The zero-order valence-electron chi connectivity index (χ0n) is 11.5. The van der Waals surface area contributed by atoms with E-state index in [0.717, 1.165) is 0 Å². The minimum Gasteiger partial charge on any atom is -0.480 e. The summed E-state index contributed by atoms with van der Waals surface area (Å²) in [6, 6.07) is -1.40. The number of thioether (sulfide) groups is 1. The highest BCUT2D eigenvalue weighted by atomic mass is 32.2. The van der Waals surface area contributed by atoms with Crippen LogP contribution in [-0.4, -0.2) is 68.6 Å². The van der Waals surface area contributed by atoms with Gasteiger partial charge in [-0.15, -0.1) is 0 Å². The monoisotopic (exact) mass is 294 g/mol. The highest BCUT2D eigenvalue weighted by Crippen LogP contribution is 2.00. The number of hydrogen-bond acceptors (Lipinski definition) is 5. The van der Waals surface area contributed by atoms with Gasteiger partial charge >= 0.3 is 12.0 Å². The van der Waals surface area contributed by atoms with E-state index in [0.29, 0.717) is 18.8 Å². The molecular formula is C11H22N2O5S. The maximum Gasteiger partial charge on any atom is 0.326 e. The molecule has 7 nitrogen and oxygen atoms in total. The molecule has 3 N–H and O–H groups in total. The molecule has 0 radical (unpaired) electrons. The second-order valence-corrected chi connectivity index (χ2v) is 4.83. The lowest BCUT2D eigenvalue weighted by atomic mass is 10.2. The van der Waals surface area contributed by atoms with E-state index in [-0.39, 0.29) is 12.6 Å². The summed E-state index contributed by atoms with van der Waals surface area (Å²) in [5.74, 6) is -0.369. The van der Waals surface area contributed by atoms with Crippen molar-refractivity contribution >= 4 is 23.8 Å². The van der Waals surface area contributed by atoms with Gasteiger partial charge in [-0.3, -0.25) is 0 Å². The molecule has 0 aliphatic carbocycles. The van der Waals surface area contributed by atoms with E-state index in [1.54, 1.807) is 0 Å². The van der Waals surface area contributed by atoms with Gasteiger partial charge in [-0.25, -0.2) is 9.59 Å². The minimum atomic E-state index is -1.04. The lowest BCUT2D eigenvalue weighted by Gasteiger charge is -2.17. The molecule has 2 amide bonds. The van der Waals surface area contributed by atoms with Gasteiger partial charge < -0.3 is 25.2 Å². The molecule has 0 aliphatic heterocycles. The lowest BCUT2D eigenvalue weighted by molar-refractivity contribution is -0.139. The number of aliphatic carboxylic acids is 1. The number of urea groups is 1. The fourth-order valence-corrected chi connectivity index (χ4v) is 1.78. The Balaban J connectivity index is 4.07. The molecule has 0 spiro atoms. The Morgan fingerprint density at radius 1 is 1.37 bits per heavy atom. The molecule has 0 aromatic carbocycles. The number of carboxylic acid groups (broad SMARTS) is 1. The van der Waals surface area contributed by atoms with E-state index in [1.165, 1.54) is 26.0 Å². The molecule has 112 valence electrons. The van der Waals surface area contributed by atoms with Gasteiger partial charge in [-0.05, 0) is 18.4 Å². The highest BCUT2D eigenvalue weighted by Gasteiger charge is 2.19. The maximum absolute atomic E-state index is 11.6. The number of carboxylic acids is 1. The fourth-order valence-electron chi connectivity index (χ4n) is 1.31. The number of nitrogens with one attached hydrogen (secondary N) is 2. The lowest BCUT2D eigenvalue weighted by Crippen LogP contribution is -2.48. The molecule has 0 fully saturated rings. The standard InChI is InChI=1S/C11H22N2O5S/c1-17-7-8(18-2)6-12-11(16)13-9(10(14)15)4-5-19-3/h8-9H,4-7H2,1-3H3,(H,14,15)(H2,12,13,16). The van der Waals surface area contributed by atoms with Crippen LogP contribution in [0, 0.1) is 0 Å². The van der Waals surface area contributed by atoms with E-state index >= 15 is 0 Å². The Morgan fingerprint density at radius 3 is 2.53 bits per heavy atom. The van der Waals surface area contributed by atoms with Gasteiger partial charge in [-0.2, -0.15) is 11.8 Å². The normalized spacial score (nSPS) is 13.6. The third-order valence-corrected chi connectivity index (χ3v) is 3.03. The summed E-state index contributed by atoms with van der Waals surface area (Å²) in [5, 5.41) is 13.9. The summed E-state index contributed by atoms with van der Waals surface area (Å²) < 4.78 is 9.98. The number of carbonyl (C=O) groups excluding carboxylic acids is 1. The third-order valence-electron chi connectivity index (χ3n) is 2.39.